The van der Waals surface area contributed by atoms with Gasteiger partial charge in [-0.3, -0.25) is 18.7 Å². The van der Waals surface area contributed by atoms with E-state index in [1.165, 1.54) is 0 Å². The third-order valence-electron chi connectivity index (χ3n) is 5.40. The number of aromatic nitrogens is 2. The van der Waals surface area contributed by atoms with Crippen molar-refractivity contribution < 1.29 is 37.3 Å². The molecule has 10 nitrogen and oxygen atoms in total. The van der Waals surface area contributed by atoms with Crippen LogP contribution >= 0.6 is 19.3 Å². The number of hydrogen-bond donors (Lipinski definition) is 3. The van der Waals surface area contributed by atoms with E-state index < -0.39 is 56.9 Å². The summed E-state index contributed by atoms with van der Waals surface area (Å²) in [6.07, 6.45) is -1.99. The summed E-state index contributed by atoms with van der Waals surface area (Å²) in [5.74, 6) is -4.10. The van der Waals surface area contributed by atoms with Crippen molar-refractivity contribution in [1.29, 1.82) is 0 Å². The van der Waals surface area contributed by atoms with Crippen LogP contribution in [-0.4, -0.2) is 51.1 Å². The second kappa shape index (κ2) is 9.03. The Morgan fingerprint density at radius 1 is 1.36 bits per heavy atom. The molecule has 0 radical (unpaired) electrons. The van der Waals surface area contributed by atoms with Crippen molar-refractivity contribution in [1.82, 2.24) is 9.55 Å². The van der Waals surface area contributed by atoms with E-state index in [9.17, 15) is 23.2 Å². The Bertz CT molecular complexity index is 1140. The van der Waals surface area contributed by atoms with Gasteiger partial charge in [0, 0.05) is 30.7 Å². The van der Waals surface area contributed by atoms with Gasteiger partial charge >= 0.3 is 19.4 Å². The van der Waals surface area contributed by atoms with E-state index in [0.29, 0.717) is 21.6 Å². The van der Waals surface area contributed by atoms with Gasteiger partial charge < -0.3 is 14.9 Å². The standard InChI is InChI=1S/C19H21ClF2N3O7P/c20-13-3-1-2-12(10-13)14-5-9-31-33(29,32-14)24-15-4-7-25(17(27)23-15)16-19(21,22)18(28,6-8-26)11-30-16/h1-4,7,10,14,16,26,28H,5-6,8-9,11H2,(H,23,24,27,29)/t14?,16-,18?,33?/m1/s1. The highest BCUT2D eigenvalue weighted by atomic mass is 35.5. The summed E-state index contributed by atoms with van der Waals surface area (Å²) in [7, 11) is -3.94. The van der Waals surface area contributed by atoms with Crippen LogP contribution in [0.25, 0.3) is 0 Å². The Morgan fingerprint density at radius 3 is 2.85 bits per heavy atom. The summed E-state index contributed by atoms with van der Waals surface area (Å²) in [4.78, 5) is 16.1. The molecule has 0 bridgehead atoms. The monoisotopic (exact) mass is 507 g/mol. The van der Waals surface area contributed by atoms with Crippen molar-refractivity contribution in [2.75, 3.05) is 24.9 Å². The molecular formula is C19H21ClF2N3O7P. The smallest absolute Gasteiger partial charge is 0.396 e. The summed E-state index contributed by atoms with van der Waals surface area (Å²) in [5.41, 5.74) is -3.09. The minimum Gasteiger partial charge on any atom is -0.396 e. The number of benzene rings is 1. The average molecular weight is 508 g/mol. The number of ether oxygens (including phenoxy) is 1. The van der Waals surface area contributed by atoms with Crippen molar-refractivity contribution >= 4 is 25.2 Å². The molecule has 180 valence electrons. The zero-order valence-corrected chi connectivity index (χ0v) is 18.7. The van der Waals surface area contributed by atoms with Crippen LogP contribution in [0.4, 0.5) is 14.6 Å². The van der Waals surface area contributed by atoms with Gasteiger partial charge in [-0.05, 0) is 23.8 Å². The molecular weight excluding hydrogens is 487 g/mol. The van der Waals surface area contributed by atoms with Crippen LogP contribution in [0, 0.1) is 0 Å². The van der Waals surface area contributed by atoms with E-state index in [0.717, 1.165) is 12.3 Å². The summed E-state index contributed by atoms with van der Waals surface area (Å²) in [6.45, 7) is -1.38. The second-order valence-electron chi connectivity index (χ2n) is 7.67. The third kappa shape index (κ3) is 4.69. The lowest BCUT2D eigenvalue weighted by molar-refractivity contribution is -0.188. The number of alkyl halides is 2. The molecule has 2 aliphatic heterocycles. The Balaban J connectivity index is 1.52. The summed E-state index contributed by atoms with van der Waals surface area (Å²) in [6, 6.07) is 7.95. The van der Waals surface area contributed by atoms with Gasteiger partial charge in [0.2, 0.25) is 6.23 Å². The molecule has 2 aromatic rings. The number of rotatable bonds is 6. The molecule has 3 heterocycles. The number of hydrogen-bond acceptors (Lipinski definition) is 8. The highest BCUT2D eigenvalue weighted by Crippen LogP contribution is 2.55. The molecule has 1 aromatic carbocycles. The molecule has 0 spiro atoms. The van der Waals surface area contributed by atoms with Gasteiger partial charge in [0.1, 0.15) is 5.82 Å². The lowest BCUT2D eigenvalue weighted by Gasteiger charge is -2.30. The van der Waals surface area contributed by atoms with Crippen LogP contribution < -0.4 is 10.8 Å². The first-order valence-corrected chi connectivity index (χ1v) is 11.9. The molecule has 0 saturated carbocycles. The molecule has 2 aliphatic rings. The van der Waals surface area contributed by atoms with E-state index >= 15 is 0 Å². The predicted octanol–water partition coefficient (Wildman–Crippen LogP) is 2.87. The van der Waals surface area contributed by atoms with Crippen LogP contribution in [0.1, 0.15) is 30.7 Å². The first kappa shape index (κ1) is 24.2. The molecule has 3 N–H and O–H groups in total. The molecule has 3 unspecified atom stereocenters. The Hall–Kier alpha value is -1.92. The van der Waals surface area contributed by atoms with Crippen LogP contribution in [0.3, 0.4) is 0 Å². The van der Waals surface area contributed by atoms with Gasteiger partial charge in [0.05, 0.1) is 19.3 Å². The quantitative estimate of drug-likeness (QED) is 0.505. The minimum atomic E-state index is -3.94. The first-order chi connectivity index (χ1) is 15.6. The summed E-state index contributed by atoms with van der Waals surface area (Å²) >= 11 is 6.00. The first-order valence-electron chi connectivity index (χ1n) is 9.95. The molecule has 2 saturated heterocycles. The number of nitrogens with one attached hydrogen (secondary N) is 1. The van der Waals surface area contributed by atoms with Crippen molar-refractivity contribution in [3.05, 3.63) is 57.6 Å². The minimum absolute atomic E-state index is 0.0874. The van der Waals surface area contributed by atoms with Gasteiger partial charge in [-0.25, -0.2) is 9.36 Å². The normalized spacial score (nSPS) is 31.4. The van der Waals surface area contributed by atoms with Crippen molar-refractivity contribution in [3.8, 4) is 0 Å². The van der Waals surface area contributed by atoms with Gasteiger partial charge in [-0.1, -0.05) is 23.7 Å². The number of nitrogens with zero attached hydrogens (tertiary/aromatic N) is 2. The molecule has 0 amide bonds. The van der Waals surface area contributed by atoms with Crippen LogP contribution in [0.5, 0.6) is 0 Å². The molecule has 4 rings (SSSR count). The van der Waals surface area contributed by atoms with E-state index in [1.54, 1.807) is 24.3 Å². The topological polar surface area (TPSA) is 132 Å². The third-order valence-corrected chi connectivity index (χ3v) is 7.19. The Labute approximate surface area is 191 Å². The maximum Gasteiger partial charge on any atom is 0.434 e. The molecule has 2 fully saturated rings. The van der Waals surface area contributed by atoms with Crippen molar-refractivity contribution in [2.45, 2.75) is 36.7 Å². The van der Waals surface area contributed by atoms with Gasteiger partial charge in [0.25, 0.3) is 0 Å². The summed E-state index contributed by atoms with van der Waals surface area (Å²) < 4.78 is 58.7. The van der Waals surface area contributed by atoms with Gasteiger partial charge in [-0.2, -0.15) is 13.8 Å². The number of aliphatic hydroxyl groups is 2. The maximum atomic E-state index is 14.7. The average Bonchev–Trinajstić information content (AvgIpc) is 2.97. The highest BCUT2D eigenvalue weighted by molar-refractivity contribution is 7.55. The van der Waals surface area contributed by atoms with Crippen molar-refractivity contribution in [3.63, 3.8) is 0 Å². The molecule has 1 aromatic heterocycles. The SMILES string of the molecule is O=c1nc(NP2(=O)OCCC(c3cccc(Cl)c3)O2)ccn1[C@@H]1OCC(O)(CCO)C1(F)F. The Morgan fingerprint density at radius 2 is 2.15 bits per heavy atom. The molecule has 0 aliphatic carbocycles. The zero-order chi connectivity index (χ0) is 23.9. The van der Waals surface area contributed by atoms with Gasteiger partial charge in [-0.15, -0.1) is 0 Å². The lowest BCUT2D eigenvalue weighted by Crippen LogP contribution is -2.50. The summed E-state index contributed by atoms with van der Waals surface area (Å²) in [5, 5.41) is 22.0. The largest absolute Gasteiger partial charge is 0.434 e. The molecule has 14 heteroatoms. The van der Waals surface area contributed by atoms with E-state index in [2.05, 4.69) is 10.1 Å². The van der Waals surface area contributed by atoms with Crippen molar-refractivity contribution in [2.24, 2.45) is 0 Å². The van der Waals surface area contributed by atoms with E-state index in [4.69, 9.17) is 30.5 Å². The highest BCUT2D eigenvalue weighted by Gasteiger charge is 2.64. The van der Waals surface area contributed by atoms with Crippen LogP contribution in [-0.2, 0) is 18.3 Å². The zero-order valence-electron chi connectivity index (χ0n) is 17.1. The van der Waals surface area contributed by atoms with E-state index in [1.807, 2.05) is 0 Å². The fourth-order valence-electron chi connectivity index (χ4n) is 3.64. The Kier molecular flexibility index (Phi) is 6.62. The fraction of sp³-hybridized carbons (Fsp3) is 0.474. The number of halogens is 3. The molecule has 33 heavy (non-hydrogen) atoms. The van der Waals surface area contributed by atoms with Crippen LogP contribution in [0.2, 0.25) is 5.02 Å². The van der Waals surface area contributed by atoms with Gasteiger partial charge in [0.15, 0.2) is 5.60 Å². The number of aliphatic hydroxyl groups excluding tert-OH is 1. The molecule has 4 atom stereocenters. The second-order valence-corrected chi connectivity index (χ2v) is 9.80. The maximum absolute atomic E-state index is 14.7. The lowest BCUT2D eigenvalue weighted by atomic mass is 9.94. The van der Waals surface area contributed by atoms with E-state index in [-0.39, 0.29) is 12.4 Å². The van der Waals surface area contributed by atoms with Crippen LogP contribution in [0.15, 0.2) is 41.3 Å². The number of anilines is 1. The fourth-order valence-corrected chi connectivity index (χ4v) is 5.33. The predicted molar refractivity (Wildman–Crippen MR) is 112 cm³/mol.